The Bertz CT molecular complexity index is 347. The van der Waals surface area contributed by atoms with Gasteiger partial charge in [0.05, 0.1) is 0 Å². The van der Waals surface area contributed by atoms with E-state index in [0.717, 1.165) is 0 Å². The first-order valence-electron chi connectivity index (χ1n) is 3.47. The predicted molar refractivity (Wildman–Crippen MR) is 42.8 cm³/mol. The Morgan fingerprint density at radius 3 is 2.46 bits per heavy atom. The largest absolute Gasteiger partial charge is 0.296 e. The van der Waals surface area contributed by atoms with Gasteiger partial charge in [-0.05, 0) is 6.07 Å². The quantitative estimate of drug-likeness (QED) is 0.491. The topological polar surface area (TPSA) is 77.0 Å². The fourth-order valence-electron chi connectivity index (χ4n) is 0.779. The molecule has 0 aliphatic carbocycles. The van der Waals surface area contributed by atoms with Gasteiger partial charge in [0.15, 0.2) is 24.2 Å². The maximum absolute atomic E-state index is 10.9. The molecular weight excluding hydrogens is 172 g/mol. The third-order valence-corrected chi connectivity index (χ3v) is 1.35. The summed E-state index contributed by atoms with van der Waals surface area (Å²) in [7, 11) is 0. The first-order valence-corrected chi connectivity index (χ1v) is 3.47. The Labute approximate surface area is 73.8 Å². The summed E-state index contributed by atoms with van der Waals surface area (Å²) in [5, 5.41) is 0. The molecule has 0 aromatic carbocycles. The van der Waals surface area contributed by atoms with Crippen molar-refractivity contribution < 1.29 is 14.4 Å². The van der Waals surface area contributed by atoms with Crippen molar-refractivity contribution in [2.45, 2.75) is 6.92 Å². The number of rotatable bonds is 3. The number of nitrogens with zero attached hydrogens (tertiary/aromatic N) is 2. The summed E-state index contributed by atoms with van der Waals surface area (Å²) < 4.78 is 0. The molecule has 0 bridgehead atoms. The third kappa shape index (κ3) is 2.02. The van der Waals surface area contributed by atoms with Crippen LogP contribution in [-0.2, 0) is 0 Å². The Morgan fingerprint density at radius 1 is 1.31 bits per heavy atom. The van der Waals surface area contributed by atoms with Crippen molar-refractivity contribution in [1.29, 1.82) is 0 Å². The molecule has 1 aromatic rings. The summed E-state index contributed by atoms with van der Waals surface area (Å²) in [5.74, 6) is -0.469. The summed E-state index contributed by atoms with van der Waals surface area (Å²) >= 11 is 0. The Balaban J connectivity index is 3.30. The van der Waals surface area contributed by atoms with Gasteiger partial charge in [-0.15, -0.1) is 0 Å². The minimum atomic E-state index is -0.311. The fraction of sp³-hybridized carbons (Fsp3) is 0.125. The van der Waals surface area contributed by atoms with Crippen LogP contribution in [0.25, 0.3) is 0 Å². The van der Waals surface area contributed by atoms with Crippen LogP contribution in [0.4, 0.5) is 0 Å². The maximum Gasteiger partial charge on any atom is 0.193 e. The zero-order valence-corrected chi connectivity index (χ0v) is 6.85. The van der Waals surface area contributed by atoms with E-state index in [9.17, 15) is 14.4 Å². The zero-order valence-electron chi connectivity index (χ0n) is 6.85. The number of Topliss-reactive ketones (excluding diaryl/α,β-unsaturated/α-hetero) is 1. The van der Waals surface area contributed by atoms with Crippen LogP contribution in [0.2, 0.25) is 0 Å². The molecule has 0 spiro atoms. The van der Waals surface area contributed by atoms with E-state index in [-0.39, 0.29) is 23.0 Å². The average molecular weight is 178 g/mol. The van der Waals surface area contributed by atoms with Crippen LogP contribution in [0.1, 0.15) is 38.5 Å². The molecule has 1 aromatic heterocycles. The summed E-state index contributed by atoms with van der Waals surface area (Å²) in [4.78, 5) is 38.7. The van der Waals surface area contributed by atoms with Crippen LogP contribution >= 0.6 is 0 Å². The average Bonchev–Trinajstić information content (AvgIpc) is 2.16. The monoisotopic (exact) mass is 178 g/mol. The normalized spacial score (nSPS) is 9.31. The molecule has 1 heterocycles. The molecule has 0 atom stereocenters. The van der Waals surface area contributed by atoms with E-state index in [4.69, 9.17) is 0 Å². The first kappa shape index (κ1) is 9.18. The lowest BCUT2D eigenvalue weighted by Gasteiger charge is -1.96. The molecule has 0 radical (unpaired) electrons. The molecule has 0 amide bonds. The second-order valence-corrected chi connectivity index (χ2v) is 2.33. The first-order chi connectivity index (χ1) is 6.17. The standard InChI is InChI=1S/C8H6N2O3/c1-5(13)7-2-6(3-11)9-8(4-12)10-7/h2-4H,1H3. The Kier molecular flexibility index (Phi) is 2.59. The van der Waals surface area contributed by atoms with Crippen molar-refractivity contribution in [1.82, 2.24) is 9.97 Å². The van der Waals surface area contributed by atoms with E-state index < -0.39 is 0 Å². The Hall–Kier alpha value is -1.91. The van der Waals surface area contributed by atoms with Crippen LogP contribution in [0.5, 0.6) is 0 Å². The van der Waals surface area contributed by atoms with Crippen LogP contribution < -0.4 is 0 Å². The minimum Gasteiger partial charge on any atom is -0.296 e. The molecule has 0 saturated carbocycles. The molecule has 0 aliphatic rings. The highest BCUT2D eigenvalue weighted by atomic mass is 16.1. The van der Waals surface area contributed by atoms with E-state index >= 15 is 0 Å². The lowest BCUT2D eigenvalue weighted by atomic mass is 10.2. The number of aromatic nitrogens is 2. The summed E-state index contributed by atoms with van der Waals surface area (Å²) in [6.45, 7) is 1.30. The van der Waals surface area contributed by atoms with E-state index in [1.165, 1.54) is 13.0 Å². The molecule has 0 N–H and O–H groups in total. The van der Waals surface area contributed by atoms with Gasteiger partial charge in [-0.25, -0.2) is 9.97 Å². The van der Waals surface area contributed by atoms with Crippen molar-refractivity contribution in [3.05, 3.63) is 23.3 Å². The summed E-state index contributed by atoms with van der Waals surface area (Å²) in [6, 6.07) is 1.24. The molecule has 66 valence electrons. The van der Waals surface area contributed by atoms with Gasteiger partial charge in [-0.3, -0.25) is 14.4 Å². The number of hydrogen-bond donors (Lipinski definition) is 0. The van der Waals surface area contributed by atoms with Gasteiger partial charge in [-0.1, -0.05) is 0 Å². The molecular formula is C8H6N2O3. The number of carbonyl (C=O) groups excluding carboxylic acids is 3. The van der Waals surface area contributed by atoms with Gasteiger partial charge < -0.3 is 0 Å². The highest BCUT2D eigenvalue weighted by Gasteiger charge is 2.06. The van der Waals surface area contributed by atoms with E-state index in [1.807, 2.05) is 0 Å². The van der Waals surface area contributed by atoms with Crippen molar-refractivity contribution >= 4 is 18.4 Å². The molecule has 0 unspecified atom stereocenters. The van der Waals surface area contributed by atoms with Crippen LogP contribution in [-0.4, -0.2) is 28.3 Å². The van der Waals surface area contributed by atoms with E-state index in [0.29, 0.717) is 12.6 Å². The number of ketones is 1. The summed E-state index contributed by atoms with van der Waals surface area (Å²) in [6.07, 6.45) is 0.848. The van der Waals surface area contributed by atoms with Crippen LogP contribution in [0.3, 0.4) is 0 Å². The Morgan fingerprint density at radius 2 is 2.00 bits per heavy atom. The van der Waals surface area contributed by atoms with Crippen molar-refractivity contribution in [2.75, 3.05) is 0 Å². The highest BCUT2D eigenvalue weighted by Crippen LogP contribution is 1.99. The smallest absolute Gasteiger partial charge is 0.193 e. The zero-order chi connectivity index (χ0) is 9.84. The SMILES string of the molecule is CC(=O)c1cc(C=O)nc(C=O)n1. The fourth-order valence-corrected chi connectivity index (χ4v) is 0.779. The van der Waals surface area contributed by atoms with Crippen molar-refractivity contribution in [3.8, 4) is 0 Å². The van der Waals surface area contributed by atoms with E-state index in [2.05, 4.69) is 9.97 Å². The minimum absolute atomic E-state index is 0.0299. The van der Waals surface area contributed by atoms with Crippen LogP contribution in [0, 0.1) is 0 Å². The summed E-state index contributed by atoms with van der Waals surface area (Å²) in [5.41, 5.74) is 0.0986. The van der Waals surface area contributed by atoms with Gasteiger partial charge in [-0.2, -0.15) is 0 Å². The molecule has 1 rings (SSSR count). The van der Waals surface area contributed by atoms with Crippen LogP contribution in [0.15, 0.2) is 6.07 Å². The van der Waals surface area contributed by atoms with Gasteiger partial charge in [0.25, 0.3) is 0 Å². The second-order valence-electron chi connectivity index (χ2n) is 2.33. The number of hydrogen-bond acceptors (Lipinski definition) is 5. The molecule has 5 nitrogen and oxygen atoms in total. The van der Waals surface area contributed by atoms with Gasteiger partial charge in [0.2, 0.25) is 0 Å². The lowest BCUT2D eigenvalue weighted by molar-refractivity contribution is 0.101. The predicted octanol–water partition coefficient (Wildman–Crippen LogP) is 0.304. The number of aldehydes is 2. The second kappa shape index (κ2) is 3.66. The molecule has 0 saturated heterocycles. The number of carbonyl (C=O) groups is 3. The molecule has 5 heteroatoms. The van der Waals surface area contributed by atoms with Crippen molar-refractivity contribution in [2.24, 2.45) is 0 Å². The molecule has 13 heavy (non-hydrogen) atoms. The molecule has 0 aliphatic heterocycles. The van der Waals surface area contributed by atoms with Crippen molar-refractivity contribution in [3.63, 3.8) is 0 Å². The maximum atomic E-state index is 10.9. The third-order valence-electron chi connectivity index (χ3n) is 1.35. The lowest BCUT2D eigenvalue weighted by Crippen LogP contribution is -2.05. The van der Waals surface area contributed by atoms with E-state index in [1.54, 1.807) is 0 Å². The van der Waals surface area contributed by atoms with Gasteiger partial charge in [0.1, 0.15) is 11.4 Å². The highest BCUT2D eigenvalue weighted by molar-refractivity contribution is 5.94. The molecule has 0 fully saturated rings. The van der Waals surface area contributed by atoms with Gasteiger partial charge >= 0.3 is 0 Å². The van der Waals surface area contributed by atoms with Gasteiger partial charge in [0, 0.05) is 6.92 Å².